The maximum absolute atomic E-state index is 13.3. The average Bonchev–Trinajstić information content (AvgIpc) is 3.44. The Morgan fingerprint density at radius 1 is 1.21 bits per heavy atom. The molecular formula is C29H34N6O10S2. The Morgan fingerprint density at radius 2 is 1.89 bits per heavy atom. The largest absolute Gasteiger partial charge is 0.724 e. The molecule has 18 heteroatoms. The van der Waals surface area contributed by atoms with Crippen LogP contribution in [0.4, 0.5) is 5.13 Å². The van der Waals surface area contributed by atoms with Crippen LogP contribution < -0.4 is 20.8 Å². The van der Waals surface area contributed by atoms with Gasteiger partial charge in [0.05, 0.1) is 11.5 Å². The fourth-order valence-electron chi connectivity index (χ4n) is 4.81. The number of pyridine rings is 1. The summed E-state index contributed by atoms with van der Waals surface area (Å²) in [5.41, 5.74) is 12.6. The number of aryl methyl sites for hydroxylation is 2. The molecule has 5 N–H and O–H groups in total. The molecule has 16 nitrogen and oxygen atoms in total. The van der Waals surface area contributed by atoms with E-state index in [-0.39, 0.29) is 10.8 Å². The highest BCUT2D eigenvalue weighted by Gasteiger charge is 2.57. The van der Waals surface area contributed by atoms with E-state index < -0.39 is 64.4 Å². The number of Topliss-reactive ketones (excluding diaryl/α,β-unsaturated/α-hetero) is 1. The summed E-state index contributed by atoms with van der Waals surface area (Å²) in [6.07, 6.45) is 1.60. The summed E-state index contributed by atoms with van der Waals surface area (Å²) in [7, 11) is -3.27. The molecule has 0 unspecified atom stereocenters. The minimum Gasteiger partial charge on any atom is -0.724 e. The summed E-state index contributed by atoms with van der Waals surface area (Å²) in [6.45, 7) is 2.93. The first-order valence-corrected chi connectivity index (χ1v) is 16.4. The van der Waals surface area contributed by atoms with Crippen LogP contribution >= 0.6 is 11.3 Å². The second-order valence-electron chi connectivity index (χ2n) is 11.1. The topological polar surface area (TPSA) is 241 Å². The molecule has 0 spiro atoms. The van der Waals surface area contributed by atoms with Crippen molar-refractivity contribution in [1.82, 2.24) is 10.0 Å². The van der Waals surface area contributed by atoms with Gasteiger partial charge in [0, 0.05) is 29.9 Å². The van der Waals surface area contributed by atoms with Crippen LogP contribution in [0.3, 0.4) is 0 Å². The molecule has 252 valence electrons. The molecule has 3 heterocycles. The van der Waals surface area contributed by atoms with Crippen LogP contribution in [-0.4, -0.2) is 76.3 Å². The SMILES string of the molecule is C[n+]1cc(-c2ccc(OC[C@H](O/N=C(\C(=O)C[C@@H]3C(=O)N(OS(=O)(=O)[O-])C3(C)C)c3csc(N)n3)C(=O)O)cc2)ccc1CCCN. The van der Waals surface area contributed by atoms with Crippen molar-refractivity contribution in [3.8, 4) is 16.9 Å². The Bertz CT molecular complexity index is 1780. The molecule has 1 fully saturated rings. The number of carboxylic acid groups (broad SMARTS) is 1. The van der Waals surface area contributed by atoms with Gasteiger partial charge in [-0.25, -0.2) is 22.8 Å². The first-order chi connectivity index (χ1) is 22.1. The maximum atomic E-state index is 13.3. The van der Waals surface area contributed by atoms with E-state index in [4.69, 9.17) is 21.0 Å². The van der Waals surface area contributed by atoms with Crippen molar-refractivity contribution in [3.63, 3.8) is 0 Å². The third-order valence-corrected chi connectivity index (χ3v) is 8.48. The van der Waals surface area contributed by atoms with E-state index in [0.717, 1.165) is 41.0 Å². The molecule has 3 aromatic rings. The number of aromatic nitrogens is 2. The zero-order valence-corrected chi connectivity index (χ0v) is 27.3. The molecule has 0 bridgehead atoms. The van der Waals surface area contributed by atoms with Crippen molar-refractivity contribution >= 4 is 50.2 Å². The van der Waals surface area contributed by atoms with Gasteiger partial charge in [-0.2, -0.15) is 9.35 Å². The molecule has 47 heavy (non-hydrogen) atoms. The molecule has 2 atom stereocenters. The Labute approximate surface area is 274 Å². The van der Waals surface area contributed by atoms with Crippen molar-refractivity contribution in [2.75, 3.05) is 18.9 Å². The van der Waals surface area contributed by atoms with Gasteiger partial charge in [-0.3, -0.25) is 9.59 Å². The number of rotatable bonds is 16. The molecular weight excluding hydrogens is 656 g/mol. The highest BCUT2D eigenvalue weighted by Crippen LogP contribution is 2.40. The van der Waals surface area contributed by atoms with Gasteiger partial charge < -0.3 is 30.7 Å². The number of ether oxygens (including phenoxy) is 1. The number of hydrogen-bond acceptors (Lipinski definition) is 14. The van der Waals surface area contributed by atoms with Crippen molar-refractivity contribution in [3.05, 3.63) is 59.4 Å². The van der Waals surface area contributed by atoms with Crippen LogP contribution in [0.2, 0.25) is 0 Å². The Kier molecular flexibility index (Phi) is 10.9. The number of carbonyl (C=O) groups is 3. The van der Waals surface area contributed by atoms with Crippen molar-refractivity contribution in [2.45, 2.75) is 44.8 Å². The third kappa shape index (κ3) is 8.66. The molecule has 2 aromatic heterocycles. The monoisotopic (exact) mass is 690 g/mol. The van der Waals surface area contributed by atoms with E-state index >= 15 is 0 Å². The third-order valence-electron chi connectivity index (χ3n) is 7.47. The Balaban J connectivity index is 1.44. The first kappa shape index (κ1) is 35.4. The molecule has 1 saturated heterocycles. The number of hydroxylamine groups is 2. The number of nitrogen functional groups attached to an aromatic ring is 1. The number of carboxylic acids is 1. The van der Waals surface area contributed by atoms with Crippen LogP contribution in [0.15, 0.2) is 53.1 Å². The zero-order valence-electron chi connectivity index (χ0n) is 25.7. The van der Waals surface area contributed by atoms with Crippen LogP contribution in [0.25, 0.3) is 11.1 Å². The Hall–Kier alpha value is -4.49. The number of nitrogens with two attached hydrogens (primary N) is 2. The van der Waals surface area contributed by atoms with E-state index in [2.05, 4.69) is 14.4 Å². The number of oxime groups is 1. The fourth-order valence-corrected chi connectivity index (χ4v) is 5.81. The number of carbonyl (C=O) groups excluding carboxylic acids is 2. The molecule has 1 aliphatic heterocycles. The minimum absolute atomic E-state index is 0.0289. The van der Waals surface area contributed by atoms with Crippen molar-refractivity contribution in [1.29, 1.82) is 0 Å². The van der Waals surface area contributed by atoms with Crippen LogP contribution in [0, 0.1) is 5.92 Å². The number of thiazole rings is 1. The van der Waals surface area contributed by atoms with E-state index in [1.807, 2.05) is 42.1 Å². The highest BCUT2D eigenvalue weighted by atomic mass is 32.3. The molecule has 0 saturated carbocycles. The summed E-state index contributed by atoms with van der Waals surface area (Å²) in [5.74, 6) is -3.88. The molecule has 0 aliphatic carbocycles. The van der Waals surface area contributed by atoms with Gasteiger partial charge in [0.2, 0.25) is 10.4 Å². The standard InChI is InChI=1S/C29H34N6O10S2/c1-29(2)21(26(37)35(29)45-47(40,41)42)13-23(36)25(22-16-46-28(31)32-22)33-44-24(27(38)39)15-43-20-10-7-17(8-11-20)18-6-9-19(5-4-12-30)34(3)14-18/h6-11,14,16,21,24H,4-5,12-13,15,30H2,1-3H3,(H3-,31,32,38,39,40,41,42)/b33-25-/t21-,24+/m1/s1. The fraction of sp³-hybridized carbons (Fsp3) is 0.379. The van der Waals surface area contributed by atoms with Gasteiger partial charge in [0.15, 0.2) is 28.5 Å². The van der Waals surface area contributed by atoms with E-state index in [1.54, 1.807) is 12.1 Å². The number of ketones is 1. The smallest absolute Gasteiger partial charge is 0.351 e. The summed E-state index contributed by atoms with van der Waals surface area (Å²) >= 11 is 0.982. The summed E-state index contributed by atoms with van der Waals surface area (Å²) < 4.78 is 44.9. The quantitative estimate of drug-likeness (QED) is 0.0474. The van der Waals surface area contributed by atoms with E-state index in [9.17, 15) is 32.5 Å². The normalized spacial score (nSPS) is 16.8. The number of hydrogen-bond donors (Lipinski definition) is 3. The van der Waals surface area contributed by atoms with Gasteiger partial charge in [0.25, 0.3) is 12.0 Å². The number of anilines is 1. The summed E-state index contributed by atoms with van der Waals surface area (Å²) in [6, 6.07) is 11.0. The lowest BCUT2D eigenvalue weighted by atomic mass is 9.74. The first-order valence-electron chi connectivity index (χ1n) is 14.2. The van der Waals surface area contributed by atoms with Gasteiger partial charge in [0.1, 0.15) is 25.1 Å². The molecule has 1 aromatic carbocycles. The lowest BCUT2D eigenvalue weighted by molar-refractivity contribution is -0.678. The molecule has 0 radical (unpaired) electrons. The summed E-state index contributed by atoms with van der Waals surface area (Å²) in [4.78, 5) is 47.1. The van der Waals surface area contributed by atoms with Crippen molar-refractivity contribution in [2.24, 2.45) is 23.9 Å². The average molecular weight is 691 g/mol. The van der Waals surface area contributed by atoms with Crippen LogP contribution in [-0.2, 0) is 47.4 Å². The predicted molar refractivity (Wildman–Crippen MR) is 166 cm³/mol. The van der Waals surface area contributed by atoms with Gasteiger partial charge in [-0.1, -0.05) is 17.3 Å². The predicted octanol–water partition coefficient (Wildman–Crippen LogP) is 0.949. The summed E-state index contributed by atoms with van der Waals surface area (Å²) in [5, 5.41) is 15.4. The minimum atomic E-state index is -5.24. The van der Waals surface area contributed by atoms with Gasteiger partial charge in [-0.05, 0) is 50.6 Å². The zero-order chi connectivity index (χ0) is 34.5. The highest BCUT2D eigenvalue weighted by molar-refractivity contribution is 7.80. The van der Waals surface area contributed by atoms with E-state index in [0.29, 0.717) is 17.4 Å². The second-order valence-corrected chi connectivity index (χ2v) is 13.0. The maximum Gasteiger partial charge on any atom is 0.351 e. The molecule has 1 amide bonds. The lowest BCUT2D eigenvalue weighted by Gasteiger charge is -2.51. The molecule has 1 aliphatic rings. The molecule has 4 rings (SSSR count). The second kappa shape index (κ2) is 14.5. The number of nitrogens with zero attached hydrogens (tertiary/aromatic N) is 4. The van der Waals surface area contributed by atoms with Crippen LogP contribution in [0.5, 0.6) is 5.75 Å². The van der Waals surface area contributed by atoms with Gasteiger partial charge >= 0.3 is 5.97 Å². The number of amides is 1. The van der Waals surface area contributed by atoms with E-state index in [1.165, 1.54) is 19.2 Å². The number of aliphatic carboxylic acids is 1. The Morgan fingerprint density at radius 3 is 2.45 bits per heavy atom. The van der Waals surface area contributed by atoms with Crippen LogP contribution in [0.1, 0.15) is 38.1 Å². The van der Waals surface area contributed by atoms with Gasteiger partial charge in [-0.15, -0.1) is 11.3 Å². The lowest BCUT2D eigenvalue weighted by Crippen LogP contribution is -2.68. The number of benzene rings is 1. The van der Waals surface area contributed by atoms with Crippen molar-refractivity contribution < 1.29 is 50.9 Å². The number of β-lactam (4-membered cyclic amide) rings is 1.